The zero-order valence-electron chi connectivity index (χ0n) is 23.3. The Labute approximate surface area is 243 Å². The predicted molar refractivity (Wildman–Crippen MR) is 175 cm³/mol. The van der Waals surface area contributed by atoms with E-state index in [0.717, 1.165) is 39.7 Å². The van der Waals surface area contributed by atoms with Gasteiger partial charge in [0.25, 0.3) is 0 Å². The monoisotopic (exact) mass is 545 g/mol. The summed E-state index contributed by atoms with van der Waals surface area (Å²) in [5.41, 5.74) is 8.07. The fourth-order valence-electron chi connectivity index (χ4n) is 5.94. The molecular weight excluding hydrogens is 515 g/mol. The summed E-state index contributed by atoms with van der Waals surface area (Å²) in [4.78, 5) is 2.31. The van der Waals surface area contributed by atoms with Crippen molar-refractivity contribution in [1.82, 2.24) is 0 Å². The van der Waals surface area contributed by atoms with Crippen molar-refractivity contribution in [1.29, 1.82) is 0 Å². The first-order valence-electron chi connectivity index (χ1n) is 14.1. The third kappa shape index (κ3) is 4.54. The molecule has 41 heavy (non-hydrogen) atoms. The Kier molecular flexibility index (Phi) is 6.30. The van der Waals surface area contributed by atoms with Crippen LogP contribution in [0.3, 0.4) is 0 Å². The number of rotatable bonds is 5. The molecule has 1 aliphatic heterocycles. The van der Waals surface area contributed by atoms with Crippen LogP contribution in [-0.2, 0) is 0 Å². The van der Waals surface area contributed by atoms with E-state index in [-0.39, 0.29) is 0 Å². The molecule has 0 amide bonds. The van der Waals surface area contributed by atoms with Crippen molar-refractivity contribution in [2.24, 2.45) is 0 Å². The molecule has 0 spiro atoms. The Morgan fingerprint density at radius 3 is 1.63 bits per heavy atom. The van der Waals surface area contributed by atoms with Gasteiger partial charge in [-0.1, -0.05) is 122 Å². The Morgan fingerprint density at radius 1 is 0.439 bits per heavy atom. The highest BCUT2D eigenvalue weighted by molar-refractivity contribution is 7.01. The number of para-hydroxylation sites is 3. The zero-order valence-corrected chi connectivity index (χ0v) is 24.3. The molecule has 1 aliphatic rings. The third-order valence-corrected chi connectivity index (χ3v) is 11.6. The Morgan fingerprint density at radius 2 is 0.951 bits per heavy atom. The highest BCUT2D eigenvalue weighted by Crippen LogP contribution is 2.40. The van der Waals surface area contributed by atoms with Crippen molar-refractivity contribution in [3.63, 3.8) is 0 Å². The molecule has 0 aliphatic carbocycles. The highest BCUT2D eigenvalue weighted by atomic mass is 28.3. The summed E-state index contributed by atoms with van der Waals surface area (Å²) >= 11 is 0. The van der Waals surface area contributed by atoms with Gasteiger partial charge in [-0.25, -0.2) is 0 Å². The number of hydrogen-bond donors (Lipinski definition) is 0. The SMILES string of the molecule is C[Si]1(C)c2ccccc2Oc2c(-c3ccc(N(c4ccccc4)c4ccc(-c5ccccc5)cc4)cc3)cccc21. The molecule has 0 unspecified atom stereocenters. The summed E-state index contributed by atoms with van der Waals surface area (Å²) in [7, 11) is -1.88. The molecule has 0 N–H and O–H groups in total. The molecule has 0 saturated carbocycles. The van der Waals surface area contributed by atoms with E-state index in [0.29, 0.717) is 0 Å². The zero-order chi connectivity index (χ0) is 27.8. The number of hydrogen-bond acceptors (Lipinski definition) is 2. The molecule has 3 heteroatoms. The molecule has 0 radical (unpaired) electrons. The van der Waals surface area contributed by atoms with Gasteiger partial charge in [0.1, 0.15) is 19.6 Å². The molecule has 6 aromatic carbocycles. The van der Waals surface area contributed by atoms with Crippen molar-refractivity contribution in [3.05, 3.63) is 152 Å². The van der Waals surface area contributed by atoms with Gasteiger partial charge in [-0.2, -0.15) is 0 Å². The first-order chi connectivity index (χ1) is 20.1. The minimum atomic E-state index is -1.88. The highest BCUT2D eigenvalue weighted by Gasteiger charge is 2.37. The molecule has 0 aromatic heterocycles. The molecule has 198 valence electrons. The van der Waals surface area contributed by atoms with Gasteiger partial charge in [-0.3, -0.25) is 0 Å². The van der Waals surface area contributed by atoms with Crippen molar-refractivity contribution < 1.29 is 4.74 Å². The average molecular weight is 546 g/mol. The van der Waals surface area contributed by atoms with E-state index in [2.05, 4.69) is 170 Å². The second-order valence-electron chi connectivity index (χ2n) is 11.0. The fraction of sp³-hybridized carbons (Fsp3) is 0.0526. The topological polar surface area (TPSA) is 12.5 Å². The normalized spacial score (nSPS) is 13.0. The number of fused-ring (bicyclic) bond motifs is 2. The average Bonchev–Trinajstić information content (AvgIpc) is 3.03. The smallest absolute Gasteiger partial charge is 0.134 e. The number of anilines is 3. The van der Waals surface area contributed by atoms with Crippen LogP contribution < -0.4 is 20.0 Å². The quantitative estimate of drug-likeness (QED) is 0.200. The van der Waals surface area contributed by atoms with Gasteiger partial charge in [-0.05, 0) is 69.5 Å². The van der Waals surface area contributed by atoms with Crippen LogP contribution in [0.1, 0.15) is 0 Å². The molecule has 2 nitrogen and oxygen atoms in total. The predicted octanol–water partition coefficient (Wildman–Crippen LogP) is 9.42. The van der Waals surface area contributed by atoms with Crippen LogP contribution in [0.15, 0.2) is 152 Å². The summed E-state index contributed by atoms with van der Waals surface area (Å²) in [6, 6.07) is 53.9. The van der Waals surface area contributed by atoms with E-state index in [1.807, 2.05) is 0 Å². The maximum atomic E-state index is 6.59. The third-order valence-electron chi connectivity index (χ3n) is 8.14. The summed E-state index contributed by atoms with van der Waals surface area (Å²) in [5, 5.41) is 2.71. The van der Waals surface area contributed by atoms with Crippen LogP contribution in [0.2, 0.25) is 13.1 Å². The maximum absolute atomic E-state index is 6.59. The largest absolute Gasteiger partial charge is 0.457 e. The first kappa shape index (κ1) is 25.1. The van der Waals surface area contributed by atoms with Gasteiger partial charge >= 0.3 is 0 Å². The lowest BCUT2D eigenvalue weighted by Gasteiger charge is -2.34. The Balaban J connectivity index is 1.27. The second-order valence-corrected chi connectivity index (χ2v) is 15.4. The minimum absolute atomic E-state index is 0.995. The Hall–Kier alpha value is -4.86. The minimum Gasteiger partial charge on any atom is -0.457 e. The molecule has 0 fully saturated rings. The standard InChI is InChI=1S/C38H31NOSi/c1-41(2)36-18-10-9-17-35(36)40-38-34(16-11-19-37(38)41)30-22-26-33(27-23-30)39(31-14-7-4-8-15-31)32-24-20-29(21-25-32)28-12-5-3-6-13-28/h3-27H,1-2H3. The van der Waals surface area contributed by atoms with Crippen LogP contribution in [0.25, 0.3) is 22.3 Å². The lowest BCUT2D eigenvalue weighted by atomic mass is 10.0. The van der Waals surface area contributed by atoms with Gasteiger partial charge in [0.05, 0.1) is 0 Å². The van der Waals surface area contributed by atoms with E-state index in [4.69, 9.17) is 4.74 Å². The van der Waals surface area contributed by atoms with E-state index in [1.54, 1.807) is 0 Å². The van der Waals surface area contributed by atoms with Gasteiger partial charge in [0, 0.05) is 22.6 Å². The molecule has 0 atom stereocenters. The van der Waals surface area contributed by atoms with E-state index < -0.39 is 8.07 Å². The molecule has 0 saturated heterocycles. The summed E-state index contributed by atoms with van der Waals surface area (Å²) in [5.74, 6) is 2.00. The van der Waals surface area contributed by atoms with Crippen LogP contribution in [0.5, 0.6) is 11.5 Å². The van der Waals surface area contributed by atoms with Crippen molar-refractivity contribution in [2.75, 3.05) is 4.90 Å². The van der Waals surface area contributed by atoms with Gasteiger partial charge < -0.3 is 9.64 Å². The maximum Gasteiger partial charge on any atom is 0.134 e. The number of nitrogens with zero attached hydrogens (tertiary/aromatic N) is 1. The van der Waals surface area contributed by atoms with Crippen molar-refractivity contribution >= 4 is 35.5 Å². The van der Waals surface area contributed by atoms with Crippen LogP contribution in [0, 0.1) is 0 Å². The summed E-state index contributed by atoms with van der Waals surface area (Å²) < 4.78 is 6.59. The first-order valence-corrected chi connectivity index (χ1v) is 17.1. The number of ether oxygens (including phenoxy) is 1. The van der Waals surface area contributed by atoms with E-state index >= 15 is 0 Å². The van der Waals surface area contributed by atoms with E-state index in [1.165, 1.54) is 21.5 Å². The van der Waals surface area contributed by atoms with E-state index in [9.17, 15) is 0 Å². The summed E-state index contributed by atoms with van der Waals surface area (Å²) in [6.45, 7) is 4.84. The van der Waals surface area contributed by atoms with Crippen LogP contribution in [-0.4, -0.2) is 8.07 Å². The fourth-order valence-corrected chi connectivity index (χ4v) is 8.76. The number of benzene rings is 6. The van der Waals surface area contributed by atoms with Gasteiger partial charge in [-0.15, -0.1) is 0 Å². The second kappa shape index (κ2) is 10.3. The van der Waals surface area contributed by atoms with Crippen molar-refractivity contribution in [2.45, 2.75) is 13.1 Å². The lowest BCUT2D eigenvalue weighted by molar-refractivity contribution is 0.488. The molecular formula is C38H31NOSi. The van der Waals surface area contributed by atoms with Crippen LogP contribution in [0.4, 0.5) is 17.1 Å². The molecule has 0 bridgehead atoms. The lowest BCUT2D eigenvalue weighted by Crippen LogP contribution is -2.56. The van der Waals surface area contributed by atoms with Crippen LogP contribution >= 0.6 is 0 Å². The molecule has 6 aromatic rings. The van der Waals surface area contributed by atoms with Gasteiger partial charge in [0.2, 0.25) is 0 Å². The summed E-state index contributed by atoms with van der Waals surface area (Å²) in [6.07, 6.45) is 0. The molecule has 7 rings (SSSR count). The molecule has 1 heterocycles. The Bertz CT molecular complexity index is 1810. The van der Waals surface area contributed by atoms with Gasteiger partial charge in [0.15, 0.2) is 0 Å². The van der Waals surface area contributed by atoms with Crippen molar-refractivity contribution in [3.8, 4) is 33.8 Å².